The minimum absolute atomic E-state index is 0.0342. The van der Waals surface area contributed by atoms with Crippen LogP contribution < -0.4 is 24.3 Å². The van der Waals surface area contributed by atoms with Crippen molar-refractivity contribution in [2.75, 3.05) is 33.3 Å². The highest BCUT2D eigenvalue weighted by Gasteiger charge is 2.18. The van der Waals surface area contributed by atoms with Gasteiger partial charge >= 0.3 is 6.01 Å². The number of ether oxygens (including phenoxy) is 4. The van der Waals surface area contributed by atoms with Crippen molar-refractivity contribution >= 4 is 11.9 Å². The van der Waals surface area contributed by atoms with E-state index in [9.17, 15) is 4.79 Å². The smallest absolute Gasteiger partial charge is 0.322 e. The minimum atomic E-state index is -0.385. The fourth-order valence-electron chi connectivity index (χ4n) is 3.03. The van der Waals surface area contributed by atoms with Crippen LogP contribution >= 0.6 is 0 Å². The number of nitrogens with zero attached hydrogens (tertiary/aromatic N) is 2. The number of unbranched alkanes of at least 4 members (excludes halogenated alkanes) is 2. The zero-order valence-corrected chi connectivity index (χ0v) is 18.6. The molecule has 1 heterocycles. The van der Waals surface area contributed by atoms with Crippen LogP contribution in [0.2, 0.25) is 0 Å². The number of carbonyl (C=O) groups is 1. The monoisotopic (exact) mass is 441 g/mol. The molecule has 0 saturated heterocycles. The van der Waals surface area contributed by atoms with Gasteiger partial charge in [-0.3, -0.25) is 10.1 Å². The Hall–Kier alpha value is -3.75. The molecule has 1 amide bonds. The lowest BCUT2D eigenvalue weighted by molar-refractivity contribution is 0.102. The molecule has 0 spiro atoms. The van der Waals surface area contributed by atoms with Gasteiger partial charge in [0.2, 0.25) is 11.6 Å². The molecule has 0 aliphatic heterocycles. The van der Waals surface area contributed by atoms with E-state index >= 15 is 0 Å². The maximum atomic E-state index is 12.6. The minimum Gasteiger partial charge on any atom is -0.494 e. The Labute approximate surface area is 186 Å². The van der Waals surface area contributed by atoms with Crippen molar-refractivity contribution in [1.29, 1.82) is 0 Å². The van der Waals surface area contributed by atoms with E-state index in [1.54, 1.807) is 30.3 Å². The fraction of sp³-hybridized carbons (Fsp3) is 0.348. The van der Waals surface area contributed by atoms with Crippen LogP contribution in [0.1, 0.15) is 36.5 Å². The Balaban J connectivity index is 1.72. The Morgan fingerprint density at radius 3 is 2.41 bits per heavy atom. The first-order valence-electron chi connectivity index (χ1n) is 10.3. The van der Waals surface area contributed by atoms with E-state index < -0.39 is 0 Å². The summed E-state index contributed by atoms with van der Waals surface area (Å²) in [5.41, 5.74) is 0.973. The number of anilines is 1. The summed E-state index contributed by atoms with van der Waals surface area (Å²) in [7, 11) is 4.55. The van der Waals surface area contributed by atoms with Gasteiger partial charge in [-0.2, -0.15) is 0 Å². The summed E-state index contributed by atoms with van der Waals surface area (Å²) in [4.78, 5) is 12.6. The number of rotatable bonds is 11. The van der Waals surface area contributed by atoms with Crippen LogP contribution in [-0.2, 0) is 0 Å². The number of aromatic nitrogens is 2. The van der Waals surface area contributed by atoms with E-state index in [1.807, 2.05) is 6.07 Å². The average molecular weight is 441 g/mol. The first kappa shape index (κ1) is 22.9. The summed E-state index contributed by atoms with van der Waals surface area (Å²) >= 11 is 0. The van der Waals surface area contributed by atoms with E-state index in [-0.39, 0.29) is 17.8 Å². The second kappa shape index (κ2) is 11.0. The van der Waals surface area contributed by atoms with Gasteiger partial charge in [-0.1, -0.05) is 30.9 Å². The molecular formula is C23H27N3O6. The van der Waals surface area contributed by atoms with Crippen molar-refractivity contribution in [3.8, 4) is 34.5 Å². The van der Waals surface area contributed by atoms with Crippen molar-refractivity contribution in [3.63, 3.8) is 0 Å². The number of amides is 1. The summed E-state index contributed by atoms with van der Waals surface area (Å²) in [6.07, 6.45) is 3.19. The van der Waals surface area contributed by atoms with Crippen molar-refractivity contribution < 1.29 is 28.2 Å². The molecule has 2 aromatic carbocycles. The van der Waals surface area contributed by atoms with E-state index in [1.165, 1.54) is 21.3 Å². The van der Waals surface area contributed by atoms with Crippen LogP contribution in [0.25, 0.3) is 11.5 Å². The van der Waals surface area contributed by atoms with Gasteiger partial charge in [-0.15, -0.1) is 5.10 Å². The van der Waals surface area contributed by atoms with Crippen molar-refractivity contribution in [3.05, 3.63) is 42.0 Å². The first-order chi connectivity index (χ1) is 15.6. The first-order valence-corrected chi connectivity index (χ1v) is 10.3. The molecule has 3 aromatic rings. The quantitative estimate of drug-likeness (QED) is 0.431. The summed E-state index contributed by atoms with van der Waals surface area (Å²) < 4.78 is 27.3. The van der Waals surface area contributed by atoms with Crippen LogP contribution in [0.3, 0.4) is 0 Å². The maximum Gasteiger partial charge on any atom is 0.322 e. The SMILES string of the molecule is CCCCCOc1cccc(C(=O)Nc2nnc(-c3cc(OC)c(OC)c(OC)c3)o2)c1. The topological polar surface area (TPSA) is 105 Å². The molecule has 9 heteroatoms. The number of benzene rings is 2. The number of hydrogen-bond donors (Lipinski definition) is 1. The summed E-state index contributed by atoms with van der Waals surface area (Å²) in [6, 6.07) is 10.3. The molecule has 0 fully saturated rings. The molecule has 0 saturated carbocycles. The zero-order chi connectivity index (χ0) is 22.9. The van der Waals surface area contributed by atoms with Crippen LogP contribution in [0.4, 0.5) is 6.01 Å². The van der Waals surface area contributed by atoms with Crippen LogP contribution in [0, 0.1) is 0 Å². The average Bonchev–Trinajstić information content (AvgIpc) is 3.29. The molecule has 3 rings (SSSR count). The second-order valence-corrected chi connectivity index (χ2v) is 6.86. The molecule has 1 aromatic heterocycles. The lowest BCUT2D eigenvalue weighted by atomic mass is 10.2. The predicted octanol–water partition coefficient (Wildman–Crippen LogP) is 4.58. The predicted molar refractivity (Wildman–Crippen MR) is 119 cm³/mol. The van der Waals surface area contributed by atoms with Crippen LogP contribution in [0.5, 0.6) is 23.0 Å². The zero-order valence-electron chi connectivity index (χ0n) is 18.6. The van der Waals surface area contributed by atoms with Crippen molar-refractivity contribution in [2.45, 2.75) is 26.2 Å². The Morgan fingerprint density at radius 2 is 1.75 bits per heavy atom. The van der Waals surface area contributed by atoms with Gasteiger partial charge in [0.15, 0.2) is 11.5 Å². The molecule has 0 atom stereocenters. The highest BCUT2D eigenvalue weighted by Crippen LogP contribution is 2.41. The van der Waals surface area contributed by atoms with E-state index in [0.29, 0.717) is 40.7 Å². The number of hydrogen-bond acceptors (Lipinski definition) is 8. The molecule has 0 aliphatic carbocycles. The number of methoxy groups -OCH3 is 3. The molecule has 0 aliphatic rings. The van der Waals surface area contributed by atoms with Gasteiger partial charge < -0.3 is 23.4 Å². The van der Waals surface area contributed by atoms with Gasteiger partial charge in [0, 0.05) is 11.1 Å². The Bertz CT molecular complexity index is 1020. The molecule has 1 N–H and O–H groups in total. The molecule has 170 valence electrons. The molecule has 32 heavy (non-hydrogen) atoms. The molecular weight excluding hydrogens is 414 g/mol. The van der Waals surface area contributed by atoms with Gasteiger partial charge in [-0.05, 0) is 36.8 Å². The second-order valence-electron chi connectivity index (χ2n) is 6.86. The van der Waals surface area contributed by atoms with Gasteiger partial charge in [-0.25, -0.2) is 0 Å². The van der Waals surface area contributed by atoms with E-state index in [4.69, 9.17) is 23.4 Å². The highest BCUT2D eigenvalue weighted by molar-refractivity contribution is 6.03. The van der Waals surface area contributed by atoms with E-state index in [2.05, 4.69) is 22.4 Å². The lowest BCUT2D eigenvalue weighted by Crippen LogP contribution is -2.12. The van der Waals surface area contributed by atoms with Crippen LogP contribution in [-0.4, -0.2) is 44.0 Å². The van der Waals surface area contributed by atoms with Gasteiger partial charge in [0.1, 0.15) is 5.75 Å². The maximum absolute atomic E-state index is 12.6. The van der Waals surface area contributed by atoms with E-state index in [0.717, 1.165) is 19.3 Å². The third-order valence-corrected chi connectivity index (χ3v) is 4.67. The summed E-state index contributed by atoms with van der Waals surface area (Å²) in [5.74, 6) is 1.78. The Morgan fingerprint density at radius 1 is 1.00 bits per heavy atom. The van der Waals surface area contributed by atoms with Gasteiger partial charge in [0.05, 0.1) is 27.9 Å². The highest BCUT2D eigenvalue weighted by atomic mass is 16.5. The Kier molecular flexibility index (Phi) is 7.91. The van der Waals surface area contributed by atoms with Crippen molar-refractivity contribution in [1.82, 2.24) is 10.2 Å². The largest absolute Gasteiger partial charge is 0.494 e. The molecule has 0 bridgehead atoms. The summed E-state index contributed by atoms with van der Waals surface area (Å²) in [6.45, 7) is 2.75. The molecule has 9 nitrogen and oxygen atoms in total. The normalized spacial score (nSPS) is 10.5. The molecule has 0 unspecified atom stereocenters. The summed E-state index contributed by atoms with van der Waals surface area (Å²) in [5, 5.41) is 10.5. The fourth-order valence-corrected chi connectivity index (χ4v) is 3.03. The standard InChI is InChI=1S/C23H27N3O6/c1-5-6-7-11-31-17-10-8-9-15(12-17)21(27)24-23-26-25-22(32-23)16-13-18(28-2)20(30-4)19(14-16)29-3/h8-10,12-14H,5-7,11H2,1-4H3,(H,24,26,27). The molecule has 0 radical (unpaired) electrons. The number of nitrogens with one attached hydrogen (secondary N) is 1. The lowest BCUT2D eigenvalue weighted by Gasteiger charge is -2.12. The van der Waals surface area contributed by atoms with Crippen molar-refractivity contribution in [2.24, 2.45) is 0 Å². The van der Waals surface area contributed by atoms with Crippen LogP contribution in [0.15, 0.2) is 40.8 Å². The van der Waals surface area contributed by atoms with Gasteiger partial charge in [0.25, 0.3) is 5.91 Å². The third-order valence-electron chi connectivity index (χ3n) is 4.67. The third kappa shape index (κ3) is 5.48. The number of carbonyl (C=O) groups excluding carboxylic acids is 1.